The second-order valence-electron chi connectivity index (χ2n) is 15.7. The maximum absolute atomic E-state index is 13.4. The number of allylic oxidation sites excluding steroid dienone is 1. The van der Waals surface area contributed by atoms with Crippen molar-refractivity contribution in [2.45, 2.75) is 81.2 Å². The van der Waals surface area contributed by atoms with Gasteiger partial charge in [-0.15, -0.1) is 0 Å². The third-order valence-corrected chi connectivity index (χ3v) is 11.8. The molecular weight excluding hydrogens is 730 g/mol. The van der Waals surface area contributed by atoms with Crippen molar-refractivity contribution in [3.63, 3.8) is 0 Å². The number of hydrogen-bond donors (Lipinski definition) is 8. The molecule has 10 unspecified atom stereocenters. The molecule has 1 aromatic carbocycles. The van der Waals surface area contributed by atoms with E-state index in [0.29, 0.717) is 71.8 Å². The van der Waals surface area contributed by atoms with E-state index >= 15 is 0 Å². The van der Waals surface area contributed by atoms with Crippen molar-refractivity contribution in [1.29, 1.82) is 0 Å². The summed E-state index contributed by atoms with van der Waals surface area (Å²) in [7, 11) is 0. The highest BCUT2D eigenvalue weighted by Gasteiger charge is 2.52. The molecule has 0 spiro atoms. The molecule has 0 bridgehead atoms. The quantitative estimate of drug-likeness (QED) is 0.0694. The van der Waals surface area contributed by atoms with Gasteiger partial charge in [0.05, 0.1) is 23.4 Å². The van der Waals surface area contributed by atoms with E-state index in [1.807, 2.05) is 19.2 Å². The van der Waals surface area contributed by atoms with Crippen LogP contribution < -0.4 is 30.4 Å². The van der Waals surface area contributed by atoms with Gasteiger partial charge in [0.2, 0.25) is 17.2 Å². The number of nitrogens with zero attached hydrogens (tertiary/aromatic N) is 2. The Balaban J connectivity index is 1.09. The minimum atomic E-state index is -2.57. The van der Waals surface area contributed by atoms with E-state index in [2.05, 4.69) is 15.3 Å². The van der Waals surface area contributed by atoms with Gasteiger partial charge in [0.25, 0.3) is 0 Å². The third-order valence-electron chi connectivity index (χ3n) is 11.8. The molecule has 298 valence electrons. The van der Waals surface area contributed by atoms with Crippen molar-refractivity contribution in [1.82, 2.24) is 5.32 Å². The van der Waals surface area contributed by atoms with Gasteiger partial charge in [0.1, 0.15) is 73.1 Å². The number of ether oxygens (including phenoxy) is 1. The minimum Gasteiger partial charge on any atom is -0.831 e. The Morgan fingerprint density at radius 1 is 1.18 bits per heavy atom. The fourth-order valence-corrected chi connectivity index (χ4v) is 8.55. The first-order valence-electron chi connectivity index (χ1n) is 18.8. The summed E-state index contributed by atoms with van der Waals surface area (Å²) in [6.45, 7) is 2.35. The molecule has 6 aliphatic rings. The predicted octanol–water partition coefficient (Wildman–Crippen LogP) is -3.35. The highest BCUT2D eigenvalue weighted by Crippen LogP contribution is 2.45. The number of hydrogen-bond acceptors (Lipinski definition) is 14. The Bertz CT molecular complexity index is 2180. The lowest BCUT2D eigenvalue weighted by molar-refractivity contribution is -0.920. The monoisotopic (exact) mass is 776 g/mol. The first kappa shape index (κ1) is 38.3. The second-order valence-corrected chi connectivity index (χ2v) is 15.7. The number of aliphatic hydroxyl groups is 5. The Kier molecular flexibility index (Phi) is 10.1. The molecule has 6 aliphatic heterocycles. The van der Waals surface area contributed by atoms with Crippen LogP contribution in [0.5, 0.6) is 5.75 Å². The molecule has 17 nitrogen and oxygen atoms in total. The summed E-state index contributed by atoms with van der Waals surface area (Å²) in [5.41, 5.74) is 0.0716. The molecule has 7 heterocycles. The standard InChI is InChI=1S/C39H45N5O12/c1-20-9-28(46)24-11-23-12-31(56-53-18-30(48)39(52,37(51)29(47)17-45)19-44-27-5-8-40-25(27)13-33(44)50)38(2,6-3-21-10-32(49)42-14-21)55-35(23)34(36(24)54-20)43-15-22-4-7-41-26(22)16-43/h4-5,7-9,11,13,15,21,27,29-31,37,45,47-48,50-52H,3,6,10,12,14,16-19H2,1-2H3,(H,42,49)/p+1. The first-order valence-corrected chi connectivity index (χ1v) is 18.8. The smallest absolute Gasteiger partial charge is 0.222 e. The molecule has 10 atom stereocenters. The molecule has 1 fully saturated rings. The van der Waals surface area contributed by atoms with Gasteiger partial charge in [-0.25, -0.2) is 9.78 Å². The van der Waals surface area contributed by atoms with E-state index in [1.165, 1.54) is 18.3 Å². The molecule has 2 aromatic rings. The first-order chi connectivity index (χ1) is 26.8. The Morgan fingerprint density at radius 2 is 2.00 bits per heavy atom. The molecule has 1 amide bonds. The molecule has 56 heavy (non-hydrogen) atoms. The zero-order chi connectivity index (χ0) is 39.5. The zero-order valence-electron chi connectivity index (χ0n) is 30.9. The summed E-state index contributed by atoms with van der Waals surface area (Å²) in [4.78, 5) is 46.8. The normalized spacial score (nSPS) is 30.1. The fraction of sp³-hybridized carbons (Fsp3) is 0.487. The van der Waals surface area contributed by atoms with E-state index in [4.69, 9.17) is 18.9 Å². The van der Waals surface area contributed by atoms with Crippen molar-refractivity contribution in [3.8, 4) is 5.75 Å². The molecule has 8 N–H and O–H groups in total. The van der Waals surface area contributed by atoms with E-state index in [9.17, 15) is 40.2 Å². The van der Waals surface area contributed by atoms with Crippen LogP contribution in [0.25, 0.3) is 11.0 Å². The number of nitrogens with one attached hydrogen (secondary N) is 3. The highest BCUT2D eigenvalue weighted by molar-refractivity contribution is 6.07. The number of amides is 1. The van der Waals surface area contributed by atoms with Crippen LogP contribution in [0.4, 0.5) is 5.69 Å². The van der Waals surface area contributed by atoms with Crippen LogP contribution in [0.15, 0.2) is 79.6 Å². The van der Waals surface area contributed by atoms with Gasteiger partial charge in [-0.2, -0.15) is 0 Å². The van der Waals surface area contributed by atoms with Crippen molar-refractivity contribution in [2.24, 2.45) is 15.9 Å². The second kappa shape index (κ2) is 14.7. The Hall–Kier alpha value is -4.56. The van der Waals surface area contributed by atoms with Gasteiger partial charge in [0, 0.05) is 49.5 Å². The molecule has 0 radical (unpaired) electrons. The van der Waals surface area contributed by atoms with Gasteiger partial charge in [-0.05, 0) is 50.8 Å². The lowest BCUT2D eigenvalue weighted by Gasteiger charge is -2.43. The zero-order valence-corrected chi connectivity index (χ0v) is 30.9. The summed E-state index contributed by atoms with van der Waals surface area (Å²) < 4.78 is 13.2. The van der Waals surface area contributed by atoms with E-state index in [0.717, 1.165) is 16.2 Å². The number of aliphatic hydroxyl groups excluding tert-OH is 4. The number of carbonyl (C=O) groups excluding carboxylic acids is 1. The number of rotatable bonds is 14. The summed E-state index contributed by atoms with van der Waals surface area (Å²) in [5, 5.41) is 70.4. The summed E-state index contributed by atoms with van der Waals surface area (Å²) >= 11 is 0. The van der Waals surface area contributed by atoms with Crippen LogP contribution in [0.1, 0.15) is 37.5 Å². The molecule has 0 aliphatic carbocycles. The summed E-state index contributed by atoms with van der Waals surface area (Å²) in [5.74, 6) is 0.521. The van der Waals surface area contributed by atoms with E-state index in [-0.39, 0.29) is 28.6 Å². The fourth-order valence-electron chi connectivity index (χ4n) is 8.55. The average molecular weight is 777 g/mol. The van der Waals surface area contributed by atoms with Gasteiger partial charge in [-0.1, -0.05) is 0 Å². The number of carbonyl (C=O) groups is 1. The van der Waals surface area contributed by atoms with E-state index < -0.39 is 67.3 Å². The Labute approximate surface area is 320 Å². The Morgan fingerprint density at radius 3 is 2.75 bits per heavy atom. The van der Waals surface area contributed by atoms with Crippen molar-refractivity contribution in [3.05, 3.63) is 82.0 Å². The van der Waals surface area contributed by atoms with Crippen LogP contribution in [-0.4, -0.2) is 117 Å². The third kappa shape index (κ3) is 6.82. The van der Waals surface area contributed by atoms with Crippen LogP contribution in [-0.2, 0) is 21.0 Å². The number of fused-ring (bicyclic) bond motifs is 4. The van der Waals surface area contributed by atoms with Crippen molar-refractivity contribution in [2.75, 3.05) is 32.8 Å². The predicted molar refractivity (Wildman–Crippen MR) is 196 cm³/mol. The molecule has 1 saturated heterocycles. The number of benzene rings is 1. The molecule has 8 rings (SSSR count). The topological polar surface area (TPSA) is 245 Å². The van der Waals surface area contributed by atoms with E-state index in [1.54, 1.807) is 25.3 Å². The number of quaternary nitrogens is 2. The summed E-state index contributed by atoms with van der Waals surface area (Å²) in [6.07, 6.45) is 4.92. The highest BCUT2D eigenvalue weighted by atomic mass is 17.2. The van der Waals surface area contributed by atoms with Crippen molar-refractivity contribution >= 4 is 34.0 Å². The summed E-state index contributed by atoms with van der Waals surface area (Å²) in [6, 6.07) is 2.58. The van der Waals surface area contributed by atoms with Crippen molar-refractivity contribution < 1.29 is 64.2 Å². The van der Waals surface area contributed by atoms with Crippen LogP contribution in [0, 0.1) is 12.8 Å². The maximum Gasteiger partial charge on any atom is 0.222 e. The van der Waals surface area contributed by atoms with Gasteiger partial charge in [-0.3, -0.25) is 24.5 Å². The van der Waals surface area contributed by atoms with Gasteiger partial charge in [0.15, 0.2) is 22.8 Å². The molecule has 1 aromatic heterocycles. The van der Waals surface area contributed by atoms with Crippen LogP contribution >= 0.6 is 0 Å². The molecule has 0 saturated carbocycles. The average Bonchev–Trinajstić information content (AvgIpc) is 4.00. The van der Waals surface area contributed by atoms with Gasteiger partial charge < -0.3 is 50.0 Å². The number of aryl methyl sites for hydroxylation is 1. The SMILES string of the molecule is Cc1cc(=O)c2cc3c(c([NH+]4C=C5C=CN=C5C4)c2o1)OC(C)(CCC1CNC(=O)C1)C(OOCC(O)C(O)(C[NH+]1C([O-])=CC2=NC=CC21)C(O)C(O)CO)C3. The van der Waals surface area contributed by atoms with Gasteiger partial charge >= 0.3 is 0 Å². The lowest BCUT2D eigenvalue weighted by atomic mass is 9.83. The number of aliphatic imine (C=N–C) groups is 2. The largest absolute Gasteiger partial charge is 0.831 e. The lowest BCUT2D eigenvalue weighted by Crippen LogP contribution is -3.17. The van der Waals surface area contributed by atoms with Crippen LogP contribution in [0.2, 0.25) is 0 Å². The maximum atomic E-state index is 13.4. The minimum absolute atomic E-state index is 0.0312. The molecule has 17 heteroatoms. The van der Waals surface area contributed by atoms with Crippen LogP contribution in [0.3, 0.4) is 0 Å². The molecular formula is C39H46N5O12+.